The monoisotopic (exact) mass is 298 g/mol. The summed E-state index contributed by atoms with van der Waals surface area (Å²) in [6.07, 6.45) is 0. The van der Waals surface area contributed by atoms with E-state index in [2.05, 4.69) is 24.3 Å². The van der Waals surface area contributed by atoms with Gasteiger partial charge in [-0.15, -0.1) is 0 Å². The van der Waals surface area contributed by atoms with Gasteiger partial charge < -0.3 is 0 Å². The molecule has 1 nitrogen and oxygen atoms in total. The number of hydrogen-bond acceptors (Lipinski definition) is 1. The maximum atomic E-state index is 5.84. The molecule has 2 aromatic rings. The van der Waals surface area contributed by atoms with Gasteiger partial charge in [0.25, 0.3) is 0 Å². The van der Waals surface area contributed by atoms with Crippen LogP contribution in [0.4, 0.5) is 0 Å². The van der Waals surface area contributed by atoms with E-state index in [0.717, 1.165) is 10.8 Å². The molecule has 0 heterocycles. The molecule has 3 heteroatoms. The zero-order valence-electron chi connectivity index (χ0n) is 8.81. The Labute approximate surface area is 107 Å². The van der Waals surface area contributed by atoms with Crippen LogP contribution in [-0.2, 0) is 0 Å². The second-order valence-electron chi connectivity index (χ2n) is 3.23. The molecule has 0 amide bonds. The predicted octanol–water partition coefficient (Wildman–Crippen LogP) is 2.00. The maximum absolute atomic E-state index is 5.84. The summed E-state index contributed by atoms with van der Waals surface area (Å²) in [6.45, 7) is 0. The minimum absolute atomic E-state index is 0.330. The van der Waals surface area contributed by atoms with E-state index in [1.807, 2.05) is 24.3 Å². The van der Waals surface area contributed by atoms with E-state index in [1.165, 1.54) is 8.92 Å². The Balaban J connectivity index is 2.11. The predicted molar refractivity (Wildman–Crippen MR) is 69.5 cm³/mol. The quantitative estimate of drug-likeness (QED) is 0.788. The molecule has 2 rings (SSSR count). The van der Waals surface area contributed by atoms with Crippen molar-refractivity contribution in [2.75, 3.05) is 7.11 Å². The number of methoxy groups -OCH3 is 1. The van der Waals surface area contributed by atoms with Crippen molar-refractivity contribution in [3.8, 4) is 5.75 Å². The summed E-state index contributed by atoms with van der Waals surface area (Å²) in [5, 5.41) is 0.786. The van der Waals surface area contributed by atoms with Crippen molar-refractivity contribution in [1.82, 2.24) is 0 Å². The van der Waals surface area contributed by atoms with Crippen molar-refractivity contribution in [2.45, 2.75) is 0 Å². The first kappa shape index (κ1) is 11.5. The Morgan fingerprint density at radius 2 is 1.38 bits per heavy atom. The molecule has 0 radical (unpaired) electrons. The molecular weight excluding hydrogens is 287 g/mol. The number of halogens is 1. The van der Waals surface area contributed by atoms with Crippen molar-refractivity contribution >= 4 is 35.5 Å². The summed E-state index contributed by atoms with van der Waals surface area (Å²) in [6, 6.07) is 16.2. The molecule has 0 fully saturated rings. The summed E-state index contributed by atoms with van der Waals surface area (Å²) in [4.78, 5) is 0. The Morgan fingerprint density at radius 3 is 1.88 bits per heavy atom. The number of hydrogen-bond donors (Lipinski definition) is 0. The summed E-state index contributed by atoms with van der Waals surface area (Å²) in [5.74, 6) is 0.899. The van der Waals surface area contributed by atoms with E-state index < -0.39 is 0 Å². The zero-order valence-corrected chi connectivity index (χ0v) is 11.3. The van der Waals surface area contributed by atoms with Gasteiger partial charge in [-0.2, -0.15) is 0 Å². The van der Waals surface area contributed by atoms with Gasteiger partial charge in [-0.1, -0.05) is 0 Å². The van der Waals surface area contributed by atoms with E-state index >= 15 is 0 Å². The van der Waals surface area contributed by atoms with Gasteiger partial charge in [0, 0.05) is 0 Å². The summed E-state index contributed by atoms with van der Waals surface area (Å²) in [7, 11) is 1.68. The molecule has 0 aliphatic carbocycles. The molecular formula is C13H11ClOSe. The molecule has 0 atom stereocenters. The fraction of sp³-hybridized carbons (Fsp3) is 0.0769. The molecule has 0 saturated carbocycles. The number of ether oxygens (including phenoxy) is 1. The van der Waals surface area contributed by atoms with Crippen LogP contribution in [0, 0.1) is 0 Å². The second kappa shape index (κ2) is 5.40. The van der Waals surface area contributed by atoms with Gasteiger partial charge >= 0.3 is 107 Å². The topological polar surface area (TPSA) is 9.23 Å². The van der Waals surface area contributed by atoms with E-state index in [4.69, 9.17) is 16.3 Å². The van der Waals surface area contributed by atoms with Crippen LogP contribution in [-0.4, -0.2) is 22.1 Å². The number of benzene rings is 2. The van der Waals surface area contributed by atoms with Crippen LogP contribution < -0.4 is 13.7 Å². The van der Waals surface area contributed by atoms with Crippen molar-refractivity contribution in [1.29, 1.82) is 0 Å². The standard InChI is InChI=1S/C13H11ClOSe/c1-15-11-4-8-13(9-5-11)16-12-6-2-10(14)3-7-12/h2-9H,1H3. The van der Waals surface area contributed by atoms with Crippen LogP contribution in [0.25, 0.3) is 0 Å². The van der Waals surface area contributed by atoms with Crippen LogP contribution in [0.2, 0.25) is 5.02 Å². The molecule has 82 valence electrons. The van der Waals surface area contributed by atoms with Crippen LogP contribution in [0.1, 0.15) is 0 Å². The second-order valence-corrected chi connectivity index (χ2v) is 6.07. The average Bonchev–Trinajstić information content (AvgIpc) is 2.33. The molecule has 0 N–H and O–H groups in total. The molecule has 0 bridgehead atoms. The fourth-order valence-corrected chi connectivity index (χ4v) is 3.12. The van der Waals surface area contributed by atoms with Crippen LogP contribution >= 0.6 is 11.6 Å². The third-order valence-corrected chi connectivity index (χ3v) is 4.49. The van der Waals surface area contributed by atoms with Gasteiger partial charge in [-0.05, 0) is 0 Å². The SMILES string of the molecule is COc1ccc([Se]c2ccc(Cl)cc2)cc1. The molecule has 0 unspecified atom stereocenters. The van der Waals surface area contributed by atoms with Crippen LogP contribution in [0.5, 0.6) is 5.75 Å². The van der Waals surface area contributed by atoms with Gasteiger partial charge in [-0.25, -0.2) is 0 Å². The van der Waals surface area contributed by atoms with Gasteiger partial charge in [0.15, 0.2) is 0 Å². The van der Waals surface area contributed by atoms with Gasteiger partial charge in [0.1, 0.15) is 0 Å². The molecule has 0 aromatic heterocycles. The third-order valence-electron chi connectivity index (χ3n) is 2.11. The van der Waals surface area contributed by atoms with Crippen LogP contribution in [0.15, 0.2) is 48.5 Å². The number of rotatable bonds is 3. The molecule has 0 aliphatic heterocycles. The molecule has 2 aromatic carbocycles. The zero-order chi connectivity index (χ0) is 11.4. The first-order chi connectivity index (χ1) is 7.78. The molecule has 0 aliphatic rings. The Hall–Kier alpha value is -0.951. The summed E-state index contributed by atoms with van der Waals surface area (Å²) in [5.41, 5.74) is 0. The minimum atomic E-state index is 0.330. The molecule has 0 saturated heterocycles. The van der Waals surface area contributed by atoms with E-state index in [0.29, 0.717) is 15.0 Å². The Kier molecular flexibility index (Phi) is 3.89. The van der Waals surface area contributed by atoms with Crippen molar-refractivity contribution in [3.63, 3.8) is 0 Å². The summed E-state index contributed by atoms with van der Waals surface area (Å²) >= 11 is 6.17. The molecule has 0 spiro atoms. The average molecular weight is 298 g/mol. The van der Waals surface area contributed by atoms with E-state index in [-0.39, 0.29) is 0 Å². The van der Waals surface area contributed by atoms with E-state index in [1.54, 1.807) is 7.11 Å². The first-order valence-electron chi connectivity index (χ1n) is 4.85. The normalized spacial score (nSPS) is 10.1. The fourth-order valence-electron chi connectivity index (χ4n) is 1.28. The Bertz CT molecular complexity index is 450. The van der Waals surface area contributed by atoms with Gasteiger partial charge in [0.05, 0.1) is 0 Å². The van der Waals surface area contributed by atoms with Gasteiger partial charge in [-0.3, -0.25) is 0 Å². The summed E-state index contributed by atoms with van der Waals surface area (Å²) < 4.78 is 7.78. The van der Waals surface area contributed by atoms with Gasteiger partial charge in [0.2, 0.25) is 0 Å². The molecule has 16 heavy (non-hydrogen) atoms. The third kappa shape index (κ3) is 3.02. The van der Waals surface area contributed by atoms with Crippen molar-refractivity contribution < 1.29 is 4.74 Å². The van der Waals surface area contributed by atoms with Crippen LogP contribution in [0.3, 0.4) is 0 Å². The first-order valence-corrected chi connectivity index (χ1v) is 6.94. The van der Waals surface area contributed by atoms with Crippen molar-refractivity contribution in [2.24, 2.45) is 0 Å². The van der Waals surface area contributed by atoms with E-state index in [9.17, 15) is 0 Å². The Morgan fingerprint density at radius 1 is 0.875 bits per heavy atom. The van der Waals surface area contributed by atoms with Crippen molar-refractivity contribution in [3.05, 3.63) is 53.6 Å².